The van der Waals surface area contributed by atoms with Crippen molar-refractivity contribution in [3.8, 4) is 0 Å². The van der Waals surface area contributed by atoms with Crippen molar-refractivity contribution in [3.05, 3.63) is 35.4 Å². The highest BCUT2D eigenvalue weighted by Gasteiger charge is 2.38. The average molecular weight is 247 g/mol. The molecule has 0 spiro atoms. The Morgan fingerprint density at radius 2 is 1.83 bits per heavy atom. The van der Waals surface area contributed by atoms with Gasteiger partial charge in [-0.1, -0.05) is 38.1 Å². The number of aryl methyl sites for hydroxylation is 1. The smallest absolute Gasteiger partial charge is 0.0615 e. The normalized spacial score (nSPS) is 24.6. The molecule has 18 heavy (non-hydrogen) atoms. The van der Waals surface area contributed by atoms with Crippen molar-refractivity contribution in [2.45, 2.75) is 51.6 Å². The molecule has 1 N–H and O–H groups in total. The third-order valence-corrected chi connectivity index (χ3v) is 4.50. The van der Waals surface area contributed by atoms with Gasteiger partial charge in [0.2, 0.25) is 0 Å². The summed E-state index contributed by atoms with van der Waals surface area (Å²) in [4.78, 5) is 2.47. The first-order valence-corrected chi connectivity index (χ1v) is 7.18. The molecule has 1 heterocycles. The number of aliphatic hydroxyl groups is 1. The minimum absolute atomic E-state index is 0.0312. The lowest BCUT2D eigenvalue weighted by Crippen LogP contribution is -2.45. The van der Waals surface area contributed by atoms with Crippen LogP contribution in [0.4, 0.5) is 0 Å². The molecular formula is C16H25NO. The Balaban J connectivity index is 2.07. The minimum Gasteiger partial charge on any atom is -0.394 e. The zero-order valence-electron chi connectivity index (χ0n) is 11.7. The summed E-state index contributed by atoms with van der Waals surface area (Å²) in [5, 5.41) is 9.71. The van der Waals surface area contributed by atoms with Gasteiger partial charge in [-0.2, -0.15) is 0 Å². The van der Waals surface area contributed by atoms with Crippen molar-refractivity contribution in [1.82, 2.24) is 4.90 Å². The number of benzene rings is 1. The summed E-state index contributed by atoms with van der Waals surface area (Å²) in [6.07, 6.45) is 4.48. The van der Waals surface area contributed by atoms with Gasteiger partial charge in [0.15, 0.2) is 0 Å². The van der Waals surface area contributed by atoms with Gasteiger partial charge in [-0.25, -0.2) is 0 Å². The molecule has 1 atom stereocenters. The molecule has 1 aromatic rings. The molecule has 0 aliphatic carbocycles. The van der Waals surface area contributed by atoms with E-state index >= 15 is 0 Å². The van der Waals surface area contributed by atoms with Crippen molar-refractivity contribution in [2.75, 3.05) is 13.2 Å². The molecular weight excluding hydrogens is 222 g/mol. The van der Waals surface area contributed by atoms with Crippen LogP contribution in [0.5, 0.6) is 0 Å². The van der Waals surface area contributed by atoms with E-state index in [1.54, 1.807) is 0 Å². The fourth-order valence-corrected chi connectivity index (χ4v) is 3.03. The van der Waals surface area contributed by atoms with Crippen molar-refractivity contribution >= 4 is 0 Å². The Kier molecular flexibility index (Phi) is 4.41. The lowest BCUT2D eigenvalue weighted by atomic mass is 9.93. The second-order valence-corrected chi connectivity index (χ2v) is 5.43. The van der Waals surface area contributed by atoms with Crippen LogP contribution in [0.3, 0.4) is 0 Å². The maximum Gasteiger partial charge on any atom is 0.0615 e. The summed E-state index contributed by atoms with van der Waals surface area (Å²) in [7, 11) is 0. The Bertz CT molecular complexity index is 367. The third-order valence-electron chi connectivity index (χ3n) is 4.50. The van der Waals surface area contributed by atoms with Crippen LogP contribution in [0.1, 0.15) is 44.2 Å². The van der Waals surface area contributed by atoms with Crippen LogP contribution in [0.2, 0.25) is 0 Å². The van der Waals surface area contributed by atoms with E-state index in [4.69, 9.17) is 0 Å². The van der Waals surface area contributed by atoms with E-state index < -0.39 is 0 Å². The summed E-state index contributed by atoms with van der Waals surface area (Å²) >= 11 is 0. The lowest BCUT2D eigenvalue weighted by Gasteiger charge is -2.36. The van der Waals surface area contributed by atoms with E-state index in [2.05, 4.69) is 43.0 Å². The van der Waals surface area contributed by atoms with E-state index in [9.17, 15) is 5.11 Å². The summed E-state index contributed by atoms with van der Waals surface area (Å²) in [6, 6.07) is 8.90. The first-order valence-electron chi connectivity index (χ1n) is 7.18. The molecule has 1 saturated heterocycles. The van der Waals surface area contributed by atoms with Gasteiger partial charge in [0.1, 0.15) is 0 Å². The van der Waals surface area contributed by atoms with Crippen LogP contribution < -0.4 is 0 Å². The van der Waals surface area contributed by atoms with Gasteiger partial charge in [-0.05, 0) is 43.4 Å². The molecule has 100 valence electrons. The van der Waals surface area contributed by atoms with Crippen LogP contribution in [0.25, 0.3) is 0 Å². The molecule has 1 aromatic carbocycles. The van der Waals surface area contributed by atoms with Crippen LogP contribution >= 0.6 is 0 Å². The maximum atomic E-state index is 9.71. The highest BCUT2D eigenvalue weighted by Crippen LogP contribution is 2.33. The van der Waals surface area contributed by atoms with Crippen LogP contribution in [-0.4, -0.2) is 28.7 Å². The van der Waals surface area contributed by atoms with E-state index in [0.717, 1.165) is 32.4 Å². The van der Waals surface area contributed by atoms with Crippen molar-refractivity contribution < 1.29 is 5.11 Å². The van der Waals surface area contributed by atoms with Gasteiger partial charge in [0.05, 0.1) is 6.61 Å². The number of aliphatic hydroxyl groups excluding tert-OH is 1. The molecule has 1 unspecified atom stereocenters. The highest BCUT2D eigenvalue weighted by molar-refractivity contribution is 5.22. The Morgan fingerprint density at radius 1 is 1.17 bits per heavy atom. The molecule has 2 rings (SSSR count). The molecule has 0 saturated carbocycles. The SMILES string of the molecule is CCc1ccc(CN2CCCC2(CC)CO)cc1. The molecule has 0 radical (unpaired) electrons. The average Bonchev–Trinajstić information content (AvgIpc) is 2.83. The Hall–Kier alpha value is -0.860. The largest absolute Gasteiger partial charge is 0.394 e. The number of hydrogen-bond acceptors (Lipinski definition) is 2. The molecule has 0 bridgehead atoms. The number of nitrogens with zero attached hydrogens (tertiary/aromatic N) is 1. The number of likely N-dealkylation sites (tertiary alicyclic amines) is 1. The van der Waals surface area contributed by atoms with E-state index in [-0.39, 0.29) is 12.1 Å². The summed E-state index contributed by atoms with van der Waals surface area (Å²) in [6.45, 7) is 6.75. The lowest BCUT2D eigenvalue weighted by molar-refractivity contribution is 0.0549. The van der Waals surface area contributed by atoms with E-state index in [1.165, 1.54) is 17.5 Å². The first-order chi connectivity index (χ1) is 8.74. The number of hydrogen-bond donors (Lipinski definition) is 1. The molecule has 2 nitrogen and oxygen atoms in total. The van der Waals surface area contributed by atoms with E-state index in [1.807, 2.05) is 0 Å². The third kappa shape index (κ3) is 2.60. The second-order valence-electron chi connectivity index (χ2n) is 5.43. The zero-order valence-corrected chi connectivity index (χ0v) is 11.7. The predicted molar refractivity (Wildman–Crippen MR) is 75.6 cm³/mol. The quantitative estimate of drug-likeness (QED) is 0.864. The predicted octanol–water partition coefficient (Wildman–Crippen LogP) is 2.99. The standard InChI is InChI=1S/C16H25NO/c1-3-14-6-8-15(9-7-14)12-17-11-5-10-16(17,4-2)13-18/h6-9,18H,3-5,10-13H2,1-2H3. The van der Waals surface area contributed by atoms with Gasteiger partial charge < -0.3 is 5.11 Å². The van der Waals surface area contributed by atoms with Crippen molar-refractivity contribution in [2.24, 2.45) is 0 Å². The topological polar surface area (TPSA) is 23.5 Å². The van der Waals surface area contributed by atoms with Crippen molar-refractivity contribution in [3.63, 3.8) is 0 Å². The van der Waals surface area contributed by atoms with Crippen LogP contribution in [0, 0.1) is 0 Å². The maximum absolute atomic E-state index is 9.71. The first kappa shape index (κ1) is 13.6. The van der Waals surface area contributed by atoms with Crippen LogP contribution in [0.15, 0.2) is 24.3 Å². The minimum atomic E-state index is 0.0312. The highest BCUT2D eigenvalue weighted by atomic mass is 16.3. The fourth-order valence-electron chi connectivity index (χ4n) is 3.03. The molecule has 0 amide bonds. The Morgan fingerprint density at radius 3 is 2.39 bits per heavy atom. The summed E-state index contributed by atoms with van der Waals surface area (Å²) in [5.74, 6) is 0. The van der Waals surface area contributed by atoms with Crippen molar-refractivity contribution in [1.29, 1.82) is 0 Å². The van der Waals surface area contributed by atoms with Crippen LogP contribution in [-0.2, 0) is 13.0 Å². The molecule has 2 heteroatoms. The zero-order chi connectivity index (χ0) is 13.0. The van der Waals surface area contributed by atoms with Gasteiger partial charge >= 0.3 is 0 Å². The molecule has 1 fully saturated rings. The van der Waals surface area contributed by atoms with Gasteiger partial charge in [-0.3, -0.25) is 4.90 Å². The summed E-state index contributed by atoms with van der Waals surface area (Å²) < 4.78 is 0. The molecule has 1 aliphatic rings. The number of rotatable bonds is 5. The monoisotopic (exact) mass is 247 g/mol. The Labute approximate surface area is 111 Å². The van der Waals surface area contributed by atoms with Gasteiger partial charge in [0, 0.05) is 12.1 Å². The fraction of sp³-hybridized carbons (Fsp3) is 0.625. The summed E-state index contributed by atoms with van der Waals surface area (Å²) in [5.41, 5.74) is 2.79. The van der Waals surface area contributed by atoms with Gasteiger partial charge in [-0.15, -0.1) is 0 Å². The van der Waals surface area contributed by atoms with Gasteiger partial charge in [0.25, 0.3) is 0 Å². The molecule has 1 aliphatic heterocycles. The second kappa shape index (κ2) is 5.85. The van der Waals surface area contributed by atoms with E-state index in [0.29, 0.717) is 0 Å². The molecule has 0 aromatic heterocycles.